The van der Waals surface area contributed by atoms with Crippen molar-refractivity contribution in [2.45, 2.75) is 44.9 Å². The highest BCUT2D eigenvalue weighted by molar-refractivity contribution is 6.21. The lowest BCUT2D eigenvalue weighted by Gasteiger charge is -2.28. The number of nitriles is 2. The van der Waals surface area contributed by atoms with Crippen LogP contribution < -0.4 is 4.90 Å². The van der Waals surface area contributed by atoms with Crippen LogP contribution in [0.25, 0.3) is 43.1 Å². The van der Waals surface area contributed by atoms with E-state index in [1.165, 1.54) is 0 Å². The van der Waals surface area contributed by atoms with Crippen molar-refractivity contribution in [3.63, 3.8) is 0 Å². The summed E-state index contributed by atoms with van der Waals surface area (Å²) in [6.45, 7) is 9.48. The van der Waals surface area contributed by atoms with E-state index in [1.54, 1.807) is 18.2 Å². The summed E-state index contributed by atoms with van der Waals surface area (Å²) in [5, 5.41) is 40.2. The third-order valence-electron chi connectivity index (χ3n) is 11.7. The molecule has 6 aromatic rings. The van der Waals surface area contributed by atoms with E-state index in [2.05, 4.69) is 93.3 Å². The zero-order valence-electron chi connectivity index (χ0n) is 32.3. The minimum atomic E-state index is -0.929. The highest BCUT2D eigenvalue weighted by Crippen LogP contribution is 2.55. The quantitative estimate of drug-likeness (QED) is 0.0370. The third-order valence-corrected chi connectivity index (χ3v) is 11.7. The maximum absolute atomic E-state index is 12.1. The van der Waals surface area contributed by atoms with E-state index in [1.807, 2.05) is 53.1 Å². The number of fused-ring (bicyclic) bond motifs is 12. The molecule has 2 heterocycles. The van der Waals surface area contributed by atoms with Gasteiger partial charge in [-0.2, -0.15) is 15.1 Å². The normalized spacial score (nSPS) is 16.6. The van der Waals surface area contributed by atoms with Crippen molar-refractivity contribution in [2.24, 2.45) is 0 Å². The summed E-state index contributed by atoms with van der Waals surface area (Å²) >= 11 is 0. The molecule has 0 atom stereocenters. The lowest BCUT2D eigenvalue weighted by atomic mass is 9.76. The fourth-order valence-corrected chi connectivity index (χ4v) is 9.60. The standard InChI is InChI=1S/C49H40N4O4/c1-48(2)42-37-20-9-5-16-33(37)35-18-7-11-22-39(35)44(42)52(25-24-41(55)56)46(48)31(28-50)14-13-15-32(29-51)47-49(3,4)43-38-21-10-6-17-34(38)36-19-8-12-23-40(36)45(43)53(47)26-27-57-30-54/h5-23,30H,24-27H2,1-4H3/p+1. The highest BCUT2D eigenvalue weighted by Gasteiger charge is 2.50. The number of ether oxygens (including phenoxy) is 1. The van der Waals surface area contributed by atoms with Crippen LogP contribution in [0.4, 0.5) is 11.4 Å². The molecule has 57 heavy (non-hydrogen) atoms. The van der Waals surface area contributed by atoms with Crippen LogP contribution in [-0.4, -0.2) is 47.5 Å². The van der Waals surface area contributed by atoms with E-state index >= 15 is 0 Å². The van der Waals surface area contributed by atoms with Crippen molar-refractivity contribution >= 4 is 72.6 Å². The number of anilines is 1. The van der Waals surface area contributed by atoms with Gasteiger partial charge >= 0.3 is 5.97 Å². The molecule has 2 aliphatic heterocycles. The Kier molecular flexibility index (Phi) is 9.22. The molecular weight excluding hydrogens is 709 g/mol. The van der Waals surface area contributed by atoms with E-state index in [-0.39, 0.29) is 19.6 Å². The number of carboxylic acids is 1. The fraction of sp³-hybridized carbons (Fsp3) is 0.204. The molecule has 0 bridgehead atoms. The molecule has 2 aliphatic rings. The predicted molar refractivity (Wildman–Crippen MR) is 226 cm³/mol. The van der Waals surface area contributed by atoms with Gasteiger partial charge in [0.1, 0.15) is 30.7 Å². The van der Waals surface area contributed by atoms with Gasteiger partial charge in [0.15, 0.2) is 6.54 Å². The van der Waals surface area contributed by atoms with Gasteiger partial charge in [-0.05, 0) is 69.9 Å². The van der Waals surface area contributed by atoms with E-state index in [9.17, 15) is 25.2 Å². The van der Waals surface area contributed by atoms with Crippen molar-refractivity contribution in [1.29, 1.82) is 10.5 Å². The second-order valence-electron chi connectivity index (χ2n) is 15.6. The number of carbonyl (C=O) groups is 2. The Labute approximate surface area is 331 Å². The van der Waals surface area contributed by atoms with E-state index in [0.717, 1.165) is 71.3 Å². The minimum Gasteiger partial charge on any atom is -0.481 e. The lowest BCUT2D eigenvalue weighted by Crippen LogP contribution is -2.31. The van der Waals surface area contributed by atoms with Gasteiger partial charge in [-0.25, -0.2) is 0 Å². The SMILES string of the molecule is CC1(C)C(/C(C#N)=C/C=C/C(C#N)=C2\N(CCOC=O)c3c(c4ccccc4c4ccccc34)C2(C)C)=[N+](CCC(=O)O)c2c1c1ccccc1c1ccccc21. The molecule has 0 aromatic heterocycles. The summed E-state index contributed by atoms with van der Waals surface area (Å²) in [6.07, 6.45) is 5.11. The Morgan fingerprint density at radius 2 is 1.28 bits per heavy atom. The van der Waals surface area contributed by atoms with Crippen LogP contribution in [0.2, 0.25) is 0 Å². The number of benzene rings is 6. The van der Waals surface area contributed by atoms with Gasteiger partial charge in [0.05, 0.1) is 28.6 Å². The molecular formula is C49H41N4O4+. The number of carbonyl (C=O) groups excluding carboxylic acids is 1. The summed E-state index contributed by atoms with van der Waals surface area (Å²) in [6, 6.07) is 37.9. The number of allylic oxidation sites excluding steroid dienone is 6. The Morgan fingerprint density at radius 3 is 1.84 bits per heavy atom. The number of rotatable bonds is 10. The maximum Gasteiger partial charge on any atom is 0.309 e. The van der Waals surface area contributed by atoms with Crippen LogP contribution in [-0.2, 0) is 25.2 Å². The van der Waals surface area contributed by atoms with Crippen LogP contribution in [0, 0.1) is 22.7 Å². The van der Waals surface area contributed by atoms with Crippen molar-refractivity contribution in [3.8, 4) is 12.1 Å². The Balaban J connectivity index is 1.32. The first-order valence-electron chi connectivity index (χ1n) is 19.1. The summed E-state index contributed by atoms with van der Waals surface area (Å²) in [5.41, 5.74) is 4.93. The highest BCUT2D eigenvalue weighted by atomic mass is 16.5. The number of hydrogen-bond donors (Lipinski definition) is 1. The van der Waals surface area contributed by atoms with Gasteiger partial charge in [-0.1, -0.05) is 111 Å². The molecule has 0 radical (unpaired) electrons. The zero-order valence-corrected chi connectivity index (χ0v) is 32.3. The Morgan fingerprint density at radius 1 is 0.754 bits per heavy atom. The molecule has 0 saturated carbocycles. The molecule has 6 aromatic carbocycles. The number of carboxylic acid groups (broad SMARTS) is 1. The molecule has 0 saturated heterocycles. The minimum absolute atomic E-state index is 0.119. The summed E-state index contributed by atoms with van der Waals surface area (Å²) < 4.78 is 7.25. The molecule has 0 unspecified atom stereocenters. The van der Waals surface area contributed by atoms with Crippen LogP contribution in [0.15, 0.2) is 132 Å². The molecule has 0 aliphatic carbocycles. The molecule has 8 rings (SSSR count). The lowest BCUT2D eigenvalue weighted by molar-refractivity contribution is -0.435. The van der Waals surface area contributed by atoms with Gasteiger partial charge in [-0.15, -0.1) is 0 Å². The summed E-state index contributed by atoms with van der Waals surface area (Å²) in [5.74, 6) is -0.929. The number of nitrogens with zero attached hydrogens (tertiary/aromatic N) is 4. The van der Waals surface area contributed by atoms with Crippen molar-refractivity contribution in [1.82, 2.24) is 0 Å². The first-order valence-corrected chi connectivity index (χ1v) is 19.1. The topological polar surface area (TPSA) is 117 Å². The van der Waals surface area contributed by atoms with Crippen molar-refractivity contribution < 1.29 is 24.0 Å². The third kappa shape index (κ3) is 5.76. The summed E-state index contributed by atoms with van der Waals surface area (Å²) in [7, 11) is 0. The second-order valence-corrected chi connectivity index (χ2v) is 15.6. The first-order chi connectivity index (χ1) is 27.6. The zero-order chi connectivity index (χ0) is 40.1. The first kappa shape index (κ1) is 36.9. The molecule has 8 nitrogen and oxygen atoms in total. The smallest absolute Gasteiger partial charge is 0.309 e. The molecule has 0 spiro atoms. The van der Waals surface area contributed by atoms with Gasteiger partial charge in [0.25, 0.3) is 6.47 Å². The molecule has 1 N–H and O–H groups in total. The molecule has 280 valence electrons. The van der Waals surface area contributed by atoms with Crippen LogP contribution in [0.3, 0.4) is 0 Å². The fourth-order valence-electron chi connectivity index (χ4n) is 9.60. The largest absolute Gasteiger partial charge is 0.481 e. The Hall–Kier alpha value is -7.03. The molecule has 0 amide bonds. The van der Waals surface area contributed by atoms with Crippen LogP contribution in [0.5, 0.6) is 0 Å². The van der Waals surface area contributed by atoms with Crippen LogP contribution >= 0.6 is 0 Å². The summed E-state index contributed by atoms with van der Waals surface area (Å²) in [4.78, 5) is 25.5. The number of hydrogen-bond acceptors (Lipinski definition) is 6. The monoisotopic (exact) mass is 749 g/mol. The molecule has 0 fully saturated rings. The van der Waals surface area contributed by atoms with Gasteiger partial charge in [-0.3, -0.25) is 9.59 Å². The van der Waals surface area contributed by atoms with E-state index < -0.39 is 16.8 Å². The second kappa shape index (κ2) is 14.2. The van der Waals surface area contributed by atoms with Gasteiger partial charge < -0.3 is 14.7 Å². The Bertz CT molecular complexity index is 2920. The van der Waals surface area contributed by atoms with Gasteiger partial charge in [0.2, 0.25) is 11.4 Å². The maximum atomic E-state index is 12.1. The molecule has 8 heteroatoms. The van der Waals surface area contributed by atoms with E-state index in [0.29, 0.717) is 29.9 Å². The number of aliphatic carboxylic acids is 1. The predicted octanol–water partition coefficient (Wildman–Crippen LogP) is 9.90. The van der Waals surface area contributed by atoms with Crippen molar-refractivity contribution in [2.75, 3.05) is 24.6 Å². The van der Waals surface area contributed by atoms with Crippen molar-refractivity contribution in [3.05, 3.63) is 143 Å². The average molecular weight is 750 g/mol. The van der Waals surface area contributed by atoms with Crippen LogP contribution in [0.1, 0.15) is 45.2 Å². The van der Waals surface area contributed by atoms with E-state index in [4.69, 9.17) is 4.74 Å². The van der Waals surface area contributed by atoms with Gasteiger partial charge in [0, 0.05) is 22.1 Å². The average Bonchev–Trinajstić information content (AvgIpc) is 3.60.